The molecule has 1 amide bonds. The van der Waals surface area contributed by atoms with Crippen molar-refractivity contribution in [1.29, 1.82) is 0 Å². The summed E-state index contributed by atoms with van der Waals surface area (Å²) in [4.78, 5) is 23.0. The monoisotopic (exact) mass is 245 g/mol. The third kappa shape index (κ3) is 1.60. The van der Waals surface area contributed by atoms with Gasteiger partial charge < -0.3 is 10.4 Å². The number of rotatable bonds is 1. The van der Waals surface area contributed by atoms with E-state index >= 15 is 0 Å². The van der Waals surface area contributed by atoms with Crippen LogP contribution in [0.3, 0.4) is 0 Å². The first-order valence-electron chi connectivity index (χ1n) is 6.24. The van der Waals surface area contributed by atoms with Crippen LogP contribution in [0.15, 0.2) is 18.2 Å². The molecule has 2 aliphatic rings. The van der Waals surface area contributed by atoms with E-state index in [0.717, 1.165) is 36.9 Å². The van der Waals surface area contributed by atoms with Crippen LogP contribution in [0.25, 0.3) is 0 Å². The summed E-state index contributed by atoms with van der Waals surface area (Å²) in [5.74, 6) is -0.784. The summed E-state index contributed by atoms with van der Waals surface area (Å²) in [6.45, 7) is 0.761. The van der Waals surface area contributed by atoms with Gasteiger partial charge in [0, 0.05) is 6.54 Å². The van der Waals surface area contributed by atoms with Crippen molar-refractivity contribution in [3.63, 3.8) is 0 Å². The van der Waals surface area contributed by atoms with Gasteiger partial charge in [-0.15, -0.1) is 0 Å². The van der Waals surface area contributed by atoms with Gasteiger partial charge in [-0.05, 0) is 48.9 Å². The highest BCUT2D eigenvalue weighted by molar-refractivity contribution is 5.89. The maximum Gasteiger partial charge on any atom is 0.335 e. The lowest BCUT2D eigenvalue weighted by molar-refractivity contribution is -0.133. The third-order valence-corrected chi connectivity index (χ3v) is 4.11. The van der Waals surface area contributed by atoms with Crippen molar-refractivity contribution in [3.8, 4) is 0 Å². The SMILES string of the molecule is O=C(O)c1ccc2c(c1)C[C@@]1(CCCNC1=O)C2. The first kappa shape index (κ1) is 11.3. The number of aromatic carboxylic acids is 1. The van der Waals surface area contributed by atoms with Crippen molar-refractivity contribution < 1.29 is 14.7 Å². The number of piperidine rings is 1. The Kier molecular flexibility index (Phi) is 2.40. The predicted molar refractivity (Wildman–Crippen MR) is 65.5 cm³/mol. The fourth-order valence-electron chi connectivity index (χ4n) is 3.15. The van der Waals surface area contributed by atoms with E-state index < -0.39 is 5.97 Å². The number of nitrogens with one attached hydrogen (secondary N) is 1. The van der Waals surface area contributed by atoms with E-state index in [1.54, 1.807) is 12.1 Å². The molecule has 1 spiro atoms. The van der Waals surface area contributed by atoms with Gasteiger partial charge in [0.15, 0.2) is 0 Å². The molecule has 94 valence electrons. The van der Waals surface area contributed by atoms with Crippen LogP contribution < -0.4 is 5.32 Å². The number of carbonyl (C=O) groups excluding carboxylic acids is 1. The topological polar surface area (TPSA) is 66.4 Å². The second-order valence-electron chi connectivity index (χ2n) is 5.28. The second kappa shape index (κ2) is 3.83. The van der Waals surface area contributed by atoms with Crippen LogP contribution in [0.1, 0.15) is 34.3 Å². The van der Waals surface area contributed by atoms with Gasteiger partial charge >= 0.3 is 5.97 Å². The molecule has 1 aromatic rings. The van der Waals surface area contributed by atoms with E-state index in [-0.39, 0.29) is 11.3 Å². The average Bonchev–Trinajstić information content (AvgIpc) is 2.71. The summed E-state index contributed by atoms with van der Waals surface area (Å²) < 4.78 is 0. The highest BCUT2D eigenvalue weighted by Gasteiger charge is 2.44. The fraction of sp³-hybridized carbons (Fsp3) is 0.429. The Morgan fingerprint density at radius 1 is 1.28 bits per heavy atom. The van der Waals surface area contributed by atoms with Gasteiger partial charge in [-0.2, -0.15) is 0 Å². The summed E-state index contributed by atoms with van der Waals surface area (Å²) in [5.41, 5.74) is 2.13. The summed E-state index contributed by atoms with van der Waals surface area (Å²) in [6.07, 6.45) is 3.32. The molecule has 0 aromatic heterocycles. The molecular formula is C14H15NO3. The summed E-state index contributed by atoms with van der Waals surface area (Å²) in [6, 6.07) is 5.20. The van der Waals surface area contributed by atoms with Gasteiger partial charge in [-0.25, -0.2) is 4.79 Å². The molecule has 1 saturated heterocycles. The lowest BCUT2D eigenvalue weighted by atomic mass is 9.77. The Labute approximate surface area is 105 Å². The smallest absolute Gasteiger partial charge is 0.335 e. The minimum atomic E-state index is -0.910. The van der Waals surface area contributed by atoms with Crippen molar-refractivity contribution in [3.05, 3.63) is 34.9 Å². The van der Waals surface area contributed by atoms with Crippen LogP contribution in [0.5, 0.6) is 0 Å². The van der Waals surface area contributed by atoms with Crippen molar-refractivity contribution in [2.45, 2.75) is 25.7 Å². The molecule has 1 fully saturated rings. The number of hydrogen-bond donors (Lipinski definition) is 2. The molecule has 1 aliphatic carbocycles. The molecule has 18 heavy (non-hydrogen) atoms. The van der Waals surface area contributed by atoms with Crippen molar-refractivity contribution in [1.82, 2.24) is 5.32 Å². The molecule has 1 heterocycles. The van der Waals surface area contributed by atoms with Crippen molar-refractivity contribution >= 4 is 11.9 Å². The lowest BCUT2D eigenvalue weighted by Gasteiger charge is -2.31. The molecule has 4 heteroatoms. The zero-order valence-corrected chi connectivity index (χ0v) is 10.0. The minimum absolute atomic E-state index is 0.127. The number of benzene rings is 1. The normalized spacial score (nSPS) is 25.9. The largest absolute Gasteiger partial charge is 0.478 e. The molecule has 4 nitrogen and oxygen atoms in total. The van der Waals surface area contributed by atoms with Gasteiger partial charge in [0.2, 0.25) is 5.91 Å². The molecule has 1 atom stereocenters. The van der Waals surface area contributed by atoms with Gasteiger partial charge in [0.05, 0.1) is 11.0 Å². The zero-order chi connectivity index (χ0) is 12.8. The Bertz CT molecular complexity index is 538. The van der Waals surface area contributed by atoms with E-state index in [9.17, 15) is 9.59 Å². The summed E-state index contributed by atoms with van der Waals surface area (Å²) >= 11 is 0. The number of amides is 1. The zero-order valence-electron chi connectivity index (χ0n) is 10.0. The maximum absolute atomic E-state index is 12.1. The van der Waals surface area contributed by atoms with E-state index in [4.69, 9.17) is 5.11 Å². The van der Waals surface area contributed by atoms with Crippen LogP contribution in [0, 0.1) is 5.41 Å². The molecular weight excluding hydrogens is 230 g/mol. The molecule has 0 bridgehead atoms. The Morgan fingerprint density at radius 3 is 2.78 bits per heavy atom. The van der Waals surface area contributed by atoms with E-state index in [1.165, 1.54) is 0 Å². The second-order valence-corrected chi connectivity index (χ2v) is 5.28. The lowest BCUT2D eigenvalue weighted by Crippen LogP contribution is -2.46. The van der Waals surface area contributed by atoms with Gasteiger partial charge in [0.1, 0.15) is 0 Å². The average molecular weight is 245 g/mol. The van der Waals surface area contributed by atoms with Crippen LogP contribution in [-0.2, 0) is 17.6 Å². The molecule has 0 saturated carbocycles. The van der Waals surface area contributed by atoms with E-state index in [0.29, 0.717) is 12.0 Å². The highest BCUT2D eigenvalue weighted by Crippen LogP contribution is 2.42. The number of carboxylic acid groups (broad SMARTS) is 1. The van der Waals surface area contributed by atoms with E-state index in [1.807, 2.05) is 6.07 Å². The molecule has 3 rings (SSSR count). The van der Waals surface area contributed by atoms with Crippen molar-refractivity contribution in [2.75, 3.05) is 6.54 Å². The minimum Gasteiger partial charge on any atom is -0.478 e. The Hall–Kier alpha value is -1.84. The first-order chi connectivity index (χ1) is 8.61. The Balaban J connectivity index is 1.95. The fourth-order valence-corrected chi connectivity index (χ4v) is 3.15. The van der Waals surface area contributed by atoms with Crippen LogP contribution in [0.4, 0.5) is 0 Å². The molecule has 2 N–H and O–H groups in total. The summed E-state index contributed by atoms with van der Waals surface area (Å²) in [5, 5.41) is 11.9. The highest BCUT2D eigenvalue weighted by atomic mass is 16.4. The molecule has 0 unspecified atom stereocenters. The van der Waals surface area contributed by atoms with E-state index in [2.05, 4.69) is 5.32 Å². The van der Waals surface area contributed by atoms with Gasteiger partial charge in [-0.1, -0.05) is 6.07 Å². The molecule has 1 aromatic carbocycles. The molecule has 1 aliphatic heterocycles. The van der Waals surface area contributed by atoms with Gasteiger partial charge in [0.25, 0.3) is 0 Å². The first-order valence-corrected chi connectivity index (χ1v) is 6.24. The van der Waals surface area contributed by atoms with Crippen LogP contribution >= 0.6 is 0 Å². The standard InChI is InChI=1S/C14H15NO3/c16-12(17)9-2-3-10-7-14(8-11(10)6-9)4-1-5-15-13(14)18/h2-3,6H,1,4-5,7-8H2,(H,15,18)(H,16,17)/t14-/m1/s1. The molecule has 0 radical (unpaired) electrons. The number of fused-ring (bicyclic) bond motifs is 1. The Morgan fingerprint density at radius 2 is 2.06 bits per heavy atom. The number of carboxylic acids is 1. The predicted octanol–water partition coefficient (Wildman–Crippen LogP) is 1.38. The number of hydrogen-bond acceptors (Lipinski definition) is 2. The van der Waals surface area contributed by atoms with Crippen LogP contribution in [0.2, 0.25) is 0 Å². The quantitative estimate of drug-likeness (QED) is 0.785. The van der Waals surface area contributed by atoms with Crippen molar-refractivity contribution in [2.24, 2.45) is 5.41 Å². The third-order valence-electron chi connectivity index (χ3n) is 4.11. The van der Waals surface area contributed by atoms with Gasteiger partial charge in [-0.3, -0.25) is 4.79 Å². The van der Waals surface area contributed by atoms with Crippen LogP contribution in [-0.4, -0.2) is 23.5 Å². The maximum atomic E-state index is 12.1. The number of carbonyl (C=O) groups is 2. The summed E-state index contributed by atoms with van der Waals surface area (Å²) in [7, 11) is 0.